The Morgan fingerprint density at radius 1 is 1.11 bits per heavy atom. The molecule has 0 saturated heterocycles. The molecule has 0 atom stereocenters. The van der Waals surface area contributed by atoms with Crippen LogP contribution in [0.3, 0.4) is 0 Å². The van der Waals surface area contributed by atoms with Crippen LogP contribution >= 0.6 is 0 Å². The summed E-state index contributed by atoms with van der Waals surface area (Å²) in [7, 11) is 3.91. The molecule has 1 heterocycles. The molecule has 1 amide bonds. The normalized spacial score (nSPS) is 19.4. The zero-order chi connectivity index (χ0) is 19.4. The van der Waals surface area contributed by atoms with E-state index in [1.807, 2.05) is 32.0 Å². The van der Waals surface area contributed by atoms with Gasteiger partial charge in [-0.15, -0.1) is 0 Å². The molecule has 3 rings (SSSR count). The number of rotatable bonds is 5. The molecule has 0 radical (unpaired) electrons. The van der Waals surface area contributed by atoms with Gasteiger partial charge in [0.05, 0.1) is 0 Å². The zero-order valence-electron chi connectivity index (χ0n) is 16.0. The maximum Gasteiger partial charge on any atom is 0.251 e. The summed E-state index contributed by atoms with van der Waals surface area (Å²) in [4.78, 5) is 23.2. The van der Waals surface area contributed by atoms with Crippen LogP contribution in [0.4, 0.5) is 16.2 Å². The molecule has 1 aliphatic rings. The Bertz CT molecular complexity index is 803. The lowest BCUT2D eigenvalue weighted by Gasteiger charge is -2.30. The number of amides is 1. The molecule has 0 unspecified atom stereocenters. The second-order valence-corrected chi connectivity index (χ2v) is 7.26. The van der Waals surface area contributed by atoms with Crippen molar-refractivity contribution in [2.75, 3.05) is 24.3 Å². The van der Waals surface area contributed by atoms with Gasteiger partial charge in [0.15, 0.2) is 0 Å². The lowest BCUT2D eigenvalue weighted by molar-refractivity contribution is 0.0926. The van der Waals surface area contributed by atoms with E-state index in [1.54, 1.807) is 12.1 Å². The molecule has 6 nitrogen and oxygen atoms in total. The Morgan fingerprint density at radius 2 is 1.81 bits per heavy atom. The van der Waals surface area contributed by atoms with E-state index in [1.165, 1.54) is 12.1 Å². The second-order valence-electron chi connectivity index (χ2n) is 7.26. The standard InChI is InChI=1S/C20H26FN5O/c1-13-11-18(26(2)3)25-20(22-13)24-17-9-7-16(8-10-17)23-19(27)14-5-4-6-15(21)12-14/h4-6,11-12,16-17H,7-10H2,1-3H3,(H,23,27)(H,22,24,25). The summed E-state index contributed by atoms with van der Waals surface area (Å²) in [6, 6.07) is 8.11. The highest BCUT2D eigenvalue weighted by Gasteiger charge is 2.23. The van der Waals surface area contributed by atoms with Gasteiger partial charge < -0.3 is 15.5 Å². The maximum absolute atomic E-state index is 13.3. The molecule has 144 valence electrons. The lowest BCUT2D eigenvalue weighted by atomic mass is 9.91. The first kappa shape index (κ1) is 19.1. The van der Waals surface area contributed by atoms with E-state index < -0.39 is 5.82 Å². The minimum atomic E-state index is -0.397. The Balaban J connectivity index is 1.53. The van der Waals surface area contributed by atoms with Gasteiger partial charge in [-0.25, -0.2) is 9.37 Å². The quantitative estimate of drug-likeness (QED) is 0.845. The van der Waals surface area contributed by atoms with Gasteiger partial charge in [-0.3, -0.25) is 4.79 Å². The molecule has 0 spiro atoms. The van der Waals surface area contributed by atoms with Crippen molar-refractivity contribution < 1.29 is 9.18 Å². The van der Waals surface area contributed by atoms with Crippen LogP contribution in [0.5, 0.6) is 0 Å². The number of nitrogens with one attached hydrogen (secondary N) is 2. The summed E-state index contributed by atoms with van der Waals surface area (Å²) in [6.07, 6.45) is 3.57. The van der Waals surface area contributed by atoms with Crippen molar-refractivity contribution in [1.29, 1.82) is 0 Å². The molecular formula is C20H26FN5O. The Labute approximate surface area is 159 Å². The van der Waals surface area contributed by atoms with Crippen LogP contribution in [0.15, 0.2) is 30.3 Å². The van der Waals surface area contributed by atoms with E-state index in [4.69, 9.17) is 0 Å². The van der Waals surface area contributed by atoms with E-state index in [0.29, 0.717) is 11.5 Å². The number of aromatic nitrogens is 2. The highest BCUT2D eigenvalue weighted by molar-refractivity contribution is 5.94. The molecular weight excluding hydrogens is 345 g/mol. The fourth-order valence-electron chi connectivity index (χ4n) is 3.31. The molecule has 1 aliphatic carbocycles. The topological polar surface area (TPSA) is 70.2 Å². The van der Waals surface area contributed by atoms with Gasteiger partial charge >= 0.3 is 0 Å². The van der Waals surface area contributed by atoms with E-state index in [2.05, 4.69) is 20.6 Å². The number of anilines is 2. The van der Waals surface area contributed by atoms with Gasteiger partial charge in [-0.2, -0.15) is 4.98 Å². The van der Waals surface area contributed by atoms with Crippen molar-refractivity contribution in [3.05, 3.63) is 47.4 Å². The summed E-state index contributed by atoms with van der Waals surface area (Å²) in [6.45, 7) is 1.96. The van der Waals surface area contributed by atoms with E-state index in [9.17, 15) is 9.18 Å². The van der Waals surface area contributed by atoms with Crippen molar-refractivity contribution in [2.45, 2.75) is 44.7 Å². The Morgan fingerprint density at radius 3 is 2.48 bits per heavy atom. The first-order valence-corrected chi connectivity index (χ1v) is 9.26. The summed E-state index contributed by atoms with van der Waals surface area (Å²) in [5.74, 6) is 0.904. The number of carbonyl (C=O) groups is 1. The van der Waals surface area contributed by atoms with Crippen molar-refractivity contribution in [2.24, 2.45) is 0 Å². The van der Waals surface area contributed by atoms with Gasteiger partial charge in [-0.05, 0) is 50.8 Å². The third-order valence-electron chi connectivity index (χ3n) is 4.78. The summed E-state index contributed by atoms with van der Waals surface area (Å²) in [5.41, 5.74) is 1.28. The first-order chi connectivity index (χ1) is 12.9. The average molecular weight is 371 g/mol. The van der Waals surface area contributed by atoms with Crippen LogP contribution in [-0.4, -0.2) is 42.1 Å². The van der Waals surface area contributed by atoms with Crippen LogP contribution in [0, 0.1) is 12.7 Å². The molecule has 0 bridgehead atoms. The molecule has 2 N–H and O–H groups in total. The summed E-state index contributed by atoms with van der Waals surface area (Å²) in [5, 5.41) is 6.43. The molecule has 1 fully saturated rings. The van der Waals surface area contributed by atoms with Gasteiger partial charge in [-0.1, -0.05) is 6.07 Å². The third kappa shape index (κ3) is 5.15. The molecule has 7 heteroatoms. The van der Waals surface area contributed by atoms with Gasteiger partial charge in [0.2, 0.25) is 5.95 Å². The van der Waals surface area contributed by atoms with Gasteiger partial charge in [0.1, 0.15) is 11.6 Å². The zero-order valence-corrected chi connectivity index (χ0v) is 16.0. The minimum absolute atomic E-state index is 0.106. The van der Waals surface area contributed by atoms with E-state index >= 15 is 0 Å². The number of hydrogen-bond donors (Lipinski definition) is 2. The smallest absolute Gasteiger partial charge is 0.251 e. The summed E-state index contributed by atoms with van der Waals surface area (Å²) < 4.78 is 13.3. The van der Waals surface area contributed by atoms with Gasteiger partial charge in [0.25, 0.3) is 5.91 Å². The Kier molecular flexibility index (Phi) is 5.88. The largest absolute Gasteiger partial charge is 0.363 e. The van der Waals surface area contributed by atoms with Crippen LogP contribution in [-0.2, 0) is 0 Å². The van der Waals surface area contributed by atoms with Crippen molar-refractivity contribution in [1.82, 2.24) is 15.3 Å². The molecule has 1 aromatic heterocycles. The number of nitrogens with zero attached hydrogens (tertiary/aromatic N) is 3. The van der Waals surface area contributed by atoms with Crippen LogP contribution in [0.25, 0.3) is 0 Å². The monoisotopic (exact) mass is 371 g/mol. The minimum Gasteiger partial charge on any atom is -0.363 e. The second kappa shape index (κ2) is 8.33. The molecule has 1 aromatic carbocycles. The predicted molar refractivity (Wildman–Crippen MR) is 105 cm³/mol. The number of hydrogen-bond acceptors (Lipinski definition) is 5. The molecule has 2 aromatic rings. The van der Waals surface area contributed by atoms with Crippen LogP contribution < -0.4 is 15.5 Å². The SMILES string of the molecule is Cc1cc(N(C)C)nc(NC2CCC(NC(=O)c3cccc(F)c3)CC2)n1. The number of benzene rings is 1. The van der Waals surface area contributed by atoms with Crippen LogP contribution in [0.1, 0.15) is 41.7 Å². The van der Waals surface area contributed by atoms with Crippen molar-refractivity contribution in [3.8, 4) is 0 Å². The maximum atomic E-state index is 13.3. The molecule has 27 heavy (non-hydrogen) atoms. The highest BCUT2D eigenvalue weighted by atomic mass is 19.1. The third-order valence-corrected chi connectivity index (χ3v) is 4.78. The first-order valence-electron chi connectivity index (χ1n) is 9.26. The summed E-state index contributed by atoms with van der Waals surface area (Å²) >= 11 is 0. The van der Waals surface area contributed by atoms with Gasteiger partial charge in [0, 0.05) is 43.5 Å². The number of halogens is 1. The number of aryl methyl sites for hydroxylation is 1. The van der Waals surface area contributed by atoms with Crippen LogP contribution in [0.2, 0.25) is 0 Å². The fourth-order valence-corrected chi connectivity index (χ4v) is 3.31. The Hall–Kier alpha value is -2.70. The van der Waals surface area contributed by atoms with Crippen molar-refractivity contribution in [3.63, 3.8) is 0 Å². The lowest BCUT2D eigenvalue weighted by Crippen LogP contribution is -2.40. The van der Waals surface area contributed by atoms with E-state index in [0.717, 1.165) is 37.2 Å². The molecule has 1 saturated carbocycles. The number of carbonyl (C=O) groups excluding carboxylic acids is 1. The van der Waals surface area contributed by atoms with E-state index in [-0.39, 0.29) is 18.0 Å². The fraction of sp³-hybridized carbons (Fsp3) is 0.450. The van der Waals surface area contributed by atoms with Crippen molar-refractivity contribution >= 4 is 17.7 Å². The molecule has 0 aliphatic heterocycles. The highest BCUT2D eigenvalue weighted by Crippen LogP contribution is 2.22. The average Bonchev–Trinajstić information content (AvgIpc) is 2.63. The predicted octanol–water partition coefficient (Wildman–Crippen LogP) is 3.14.